The number of rotatable bonds is 6. The summed E-state index contributed by atoms with van der Waals surface area (Å²) in [6.45, 7) is 0.118. The van der Waals surface area contributed by atoms with Crippen molar-refractivity contribution < 1.29 is 39.2 Å². The van der Waals surface area contributed by atoms with Crippen molar-refractivity contribution in [3.63, 3.8) is 0 Å². The van der Waals surface area contributed by atoms with Crippen LogP contribution in [0, 0.1) is 0 Å². The van der Waals surface area contributed by atoms with E-state index in [1.165, 1.54) is 24.3 Å². The second-order valence-corrected chi connectivity index (χ2v) is 4.90. The zero-order valence-electron chi connectivity index (χ0n) is 13.5. The van der Waals surface area contributed by atoms with Crippen molar-refractivity contribution >= 4 is 23.9 Å². The molecule has 8 heteroatoms. The van der Waals surface area contributed by atoms with Gasteiger partial charge in [-0.05, 0) is 29.8 Å². The number of aromatic carboxylic acids is 2. The Balaban J connectivity index is 0.000000263. The first kappa shape index (κ1) is 20.4. The van der Waals surface area contributed by atoms with Gasteiger partial charge in [0.2, 0.25) is 0 Å². The minimum absolute atomic E-state index is 0.0833. The highest BCUT2D eigenvalue weighted by atomic mass is 16.5. The zero-order valence-corrected chi connectivity index (χ0v) is 13.5. The molecule has 0 fully saturated rings. The topological polar surface area (TPSA) is 138 Å². The van der Waals surface area contributed by atoms with E-state index in [1.807, 2.05) is 18.2 Å². The molecule has 0 saturated carbocycles. The molecule has 0 aliphatic carbocycles. The molecule has 0 spiro atoms. The number of carbonyl (C=O) groups is 4. The Morgan fingerprint density at radius 2 is 1.19 bits per heavy atom. The SMILES string of the molecule is O=C(O)CC(=O)OCc1ccccc1.O=C(O)c1ccc(C(=O)O)cc1. The van der Waals surface area contributed by atoms with Crippen molar-refractivity contribution in [2.45, 2.75) is 13.0 Å². The summed E-state index contributed by atoms with van der Waals surface area (Å²) in [5.74, 6) is -4.02. The molecule has 0 aliphatic rings. The fourth-order valence-electron chi connectivity index (χ4n) is 1.67. The van der Waals surface area contributed by atoms with Gasteiger partial charge in [-0.2, -0.15) is 0 Å². The first-order valence-corrected chi connectivity index (χ1v) is 7.27. The lowest BCUT2D eigenvalue weighted by Gasteiger charge is -2.02. The predicted molar refractivity (Wildman–Crippen MR) is 88.9 cm³/mol. The lowest BCUT2D eigenvalue weighted by atomic mass is 10.1. The van der Waals surface area contributed by atoms with Gasteiger partial charge in [0.15, 0.2) is 0 Å². The first-order chi connectivity index (χ1) is 12.3. The lowest BCUT2D eigenvalue weighted by molar-refractivity contribution is -0.152. The highest BCUT2D eigenvalue weighted by Gasteiger charge is 2.08. The Morgan fingerprint density at radius 3 is 1.58 bits per heavy atom. The summed E-state index contributed by atoms with van der Waals surface area (Å²) in [6, 6.07) is 14.1. The fraction of sp³-hybridized carbons (Fsp3) is 0.111. The van der Waals surface area contributed by atoms with E-state index in [-0.39, 0.29) is 17.7 Å². The van der Waals surface area contributed by atoms with Crippen molar-refractivity contribution in [3.8, 4) is 0 Å². The van der Waals surface area contributed by atoms with Gasteiger partial charge in [0, 0.05) is 0 Å². The molecule has 3 N–H and O–H groups in total. The van der Waals surface area contributed by atoms with E-state index in [1.54, 1.807) is 12.1 Å². The molecule has 2 aromatic carbocycles. The number of hydrogen-bond acceptors (Lipinski definition) is 5. The van der Waals surface area contributed by atoms with Crippen LogP contribution in [0.5, 0.6) is 0 Å². The average Bonchev–Trinajstić information content (AvgIpc) is 2.61. The van der Waals surface area contributed by atoms with Crippen LogP contribution in [0.2, 0.25) is 0 Å². The number of carbonyl (C=O) groups excluding carboxylic acids is 1. The van der Waals surface area contributed by atoms with Crippen LogP contribution < -0.4 is 0 Å². The first-order valence-electron chi connectivity index (χ1n) is 7.27. The molecule has 2 aromatic rings. The Kier molecular flexibility index (Phi) is 8.02. The molecule has 0 radical (unpaired) electrons. The van der Waals surface area contributed by atoms with Crippen LogP contribution in [0.1, 0.15) is 32.7 Å². The van der Waals surface area contributed by atoms with E-state index in [9.17, 15) is 19.2 Å². The van der Waals surface area contributed by atoms with E-state index in [2.05, 4.69) is 0 Å². The van der Waals surface area contributed by atoms with E-state index < -0.39 is 30.3 Å². The van der Waals surface area contributed by atoms with Crippen LogP contribution in [0.15, 0.2) is 54.6 Å². The van der Waals surface area contributed by atoms with Gasteiger partial charge in [-0.3, -0.25) is 9.59 Å². The van der Waals surface area contributed by atoms with E-state index in [0.29, 0.717) is 0 Å². The van der Waals surface area contributed by atoms with Gasteiger partial charge in [0.1, 0.15) is 13.0 Å². The molecule has 2 rings (SSSR count). The van der Waals surface area contributed by atoms with Crippen LogP contribution in [-0.4, -0.2) is 39.2 Å². The number of aliphatic carboxylic acids is 1. The van der Waals surface area contributed by atoms with Crippen molar-refractivity contribution in [1.82, 2.24) is 0 Å². The van der Waals surface area contributed by atoms with Crippen molar-refractivity contribution in [2.24, 2.45) is 0 Å². The highest BCUT2D eigenvalue weighted by molar-refractivity contribution is 5.91. The third-order valence-electron chi connectivity index (χ3n) is 2.92. The minimum Gasteiger partial charge on any atom is -0.481 e. The molecular weight excluding hydrogens is 344 g/mol. The molecule has 0 saturated heterocycles. The van der Waals surface area contributed by atoms with Gasteiger partial charge < -0.3 is 20.1 Å². The maximum absolute atomic E-state index is 10.8. The molecule has 0 bridgehead atoms. The normalized spacial score (nSPS) is 9.38. The van der Waals surface area contributed by atoms with E-state index in [0.717, 1.165) is 5.56 Å². The fourth-order valence-corrected chi connectivity index (χ4v) is 1.67. The summed E-state index contributed by atoms with van der Waals surface area (Å²) < 4.78 is 4.72. The second-order valence-electron chi connectivity index (χ2n) is 4.90. The number of benzene rings is 2. The van der Waals surface area contributed by atoms with Gasteiger partial charge in [0.05, 0.1) is 11.1 Å². The monoisotopic (exact) mass is 360 g/mol. The third kappa shape index (κ3) is 7.73. The molecule has 0 heterocycles. The number of hydrogen-bond donors (Lipinski definition) is 3. The number of carboxylic acids is 3. The van der Waals surface area contributed by atoms with Crippen molar-refractivity contribution in [3.05, 3.63) is 71.3 Å². The number of esters is 1. The molecular formula is C18H16O8. The molecule has 0 aromatic heterocycles. The van der Waals surface area contributed by atoms with Crippen LogP contribution in [0.3, 0.4) is 0 Å². The summed E-state index contributed by atoms with van der Waals surface area (Å²) in [5, 5.41) is 25.2. The zero-order chi connectivity index (χ0) is 19.5. The highest BCUT2D eigenvalue weighted by Crippen LogP contribution is 2.04. The standard InChI is InChI=1S/C10H10O4.C8H6O4/c11-9(12)6-10(13)14-7-8-4-2-1-3-5-8;9-7(10)5-1-2-6(4-3-5)8(11)12/h1-5H,6-7H2,(H,11,12);1-4H,(H,9,10)(H,11,12). The Bertz CT molecular complexity index is 733. The van der Waals surface area contributed by atoms with Crippen LogP contribution >= 0.6 is 0 Å². The molecule has 0 amide bonds. The Hall–Kier alpha value is -3.68. The van der Waals surface area contributed by atoms with Crippen LogP contribution in [0.4, 0.5) is 0 Å². The van der Waals surface area contributed by atoms with Crippen LogP contribution in [-0.2, 0) is 20.9 Å². The summed E-state index contributed by atoms with van der Waals surface area (Å²) in [4.78, 5) is 41.6. The average molecular weight is 360 g/mol. The van der Waals surface area contributed by atoms with Gasteiger partial charge >= 0.3 is 23.9 Å². The lowest BCUT2D eigenvalue weighted by Crippen LogP contribution is -2.10. The van der Waals surface area contributed by atoms with E-state index in [4.69, 9.17) is 20.1 Å². The van der Waals surface area contributed by atoms with Crippen molar-refractivity contribution in [1.29, 1.82) is 0 Å². The Morgan fingerprint density at radius 1 is 0.731 bits per heavy atom. The van der Waals surface area contributed by atoms with Gasteiger partial charge in [-0.1, -0.05) is 30.3 Å². The summed E-state index contributed by atoms with van der Waals surface area (Å²) in [6.07, 6.45) is -0.590. The van der Waals surface area contributed by atoms with Crippen molar-refractivity contribution in [2.75, 3.05) is 0 Å². The molecule has 26 heavy (non-hydrogen) atoms. The maximum Gasteiger partial charge on any atom is 0.335 e. The minimum atomic E-state index is -1.18. The quantitative estimate of drug-likeness (QED) is 0.527. The Labute approximate surface area is 148 Å². The van der Waals surface area contributed by atoms with E-state index >= 15 is 0 Å². The largest absolute Gasteiger partial charge is 0.481 e. The second kappa shape index (κ2) is 10.2. The van der Waals surface area contributed by atoms with Gasteiger partial charge in [0.25, 0.3) is 0 Å². The predicted octanol–water partition coefficient (Wildman–Crippen LogP) is 2.29. The summed E-state index contributed by atoms with van der Waals surface area (Å²) in [7, 11) is 0. The smallest absolute Gasteiger partial charge is 0.335 e. The maximum atomic E-state index is 10.8. The van der Waals surface area contributed by atoms with Gasteiger partial charge in [-0.25, -0.2) is 9.59 Å². The molecule has 0 aliphatic heterocycles. The van der Waals surface area contributed by atoms with Crippen LogP contribution in [0.25, 0.3) is 0 Å². The molecule has 8 nitrogen and oxygen atoms in total. The number of carboxylic acid groups (broad SMARTS) is 3. The molecule has 0 unspecified atom stereocenters. The van der Waals surface area contributed by atoms with Gasteiger partial charge in [-0.15, -0.1) is 0 Å². The summed E-state index contributed by atoms with van der Waals surface area (Å²) >= 11 is 0. The third-order valence-corrected chi connectivity index (χ3v) is 2.92. The molecule has 0 atom stereocenters. The number of ether oxygens (including phenoxy) is 1. The molecule has 136 valence electrons. The summed E-state index contributed by atoms with van der Waals surface area (Å²) in [5.41, 5.74) is 1.01.